The van der Waals surface area contributed by atoms with Gasteiger partial charge in [0.05, 0.1) is 5.92 Å². The summed E-state index contributed by atoms with van der Waals surface area (Å²) in [6.07, 6.45) is 8.21. The first-order valence-electron chi connectivity index (χ1n) is 6.34. The molecule has 1 aliphatic carbocycles. The molecule has 1 saturated heterocycles. The minimum Gasteiger partial charge on any atom is -0.481 e. The van der Waals surface area contributed by atoms with Gasteiger partial charge in [-0.25, -0.2) is 0 Å². The van der Waals surface area contributed by atoms with Crippen molar-refractivity contribution in [1.29, 1.82) is 0 Å². The maximum atomic E-state index is 12.0. The zero-order chi connectivity index (χ0) is 12.3. The third-order valence-corrected chi connectivity index (χ3v) is 3.75. The molecular weight excluding hydrogens is 218 g/mol. The summed E-state index contributed by atoms with van der Waals surface area (Å²) < 4.78 is 0. The van der Waals surface area contributed by atoms with Gasteiger partial charge in [0.15, 0.2) is 0 Å². The molecule has 94 valence electrons. The highest BCUT2D eigenvalue weighted by atomic mass is 16.4. The van der Waals surface area contributed by atoms with E-state index in [1.165, 1.54) is 0 Å². The van der Waals surface area contributed by atoms with Crippen molar-refractivity contribution in [2.75, 3.05) is 13.1 Å². The Morgan fingerprint density at radius 2 is 1.94 bits per heavy atom. The molecule has 0 bridgehead atoms. The van der Waals surface area contributed by atoms with Gasteiger partial charge in [-0.05, 0) is 31.6 Å². The van der Waals surface area contributed by atoms with Crippen molar-refractivity contribution < 1.29 is 14.7 Å². The van der Waals surface area contributed by atoms with Gasteiger partial charge in [0.25, 0.3) is 0 Å². The van der Waals surface area contributed by atoms with Crippen molar-refractivity contribution in [2.24, 2.45) is 11.8 Å². The van der Waals surface area contributed by atoms with E-state index in [0.717, 1.165) is 12.8 Å². The van der Waals surface area contributed by atoms with Crippen molar-refractivity contribution in [1.82, 2.24) is 4.90 Å². The third-order valence-electron chi connectivity index (χ3n) is 3.75. The molecule has 0 aromatic carbocycles. The molecule has 1 N–H and O–H groups in total. The number of nitrogens with zero attached hydrogens (tertiary/aromatic N) is 1. The average molecular weight is 237 g/mol. The Balaban J connectivity index is 1.77. The largest absolute Gasteiger partial charge is 0.481 e. The summed E-state index contributed by atoms with van der Waals surface area (Å²) in [6, 6.07) is 0. The van der Waals surface area contributed by atoms with Gasteiger partial charge >= 0.3 is 5.97 Å². The van der Waals surface area contributed by atoms with Crippen molar-refractivity contribution in [3.05, 3.63) is 12.2 Å². The molecule has 17 heavy (non-hydrogen) atoms. The molecule has 2 rings (SSSR count). The first-order chi connectivity index (χ1) is 8.16. The zero-order valence-electron chi connectivity index (χ0n) is 9.97. The van der Waals surface area contributed by atoms with Crippen molar-refractivity contribution in [3.8, 4) is 0 Å². The third kappa shape index (κ3) is 3.08. The molecule has 4 nitrogen and oxygen atoms in total. The number of hydrogen-bond acceptors (Lipinski definition) is 2. The van der Waals surface area contributed by atoms with Crippen LogP contribution in [0.25, 0.3) is 0 Å². The monoisotopic (exact) mass is 237 g/mol. The van der Waals surface area contributed by atoms with Crippen LogP contribution < -0.4 is 0 Å². The maximum absolute atomic E-state index is 12.0. The lowest BCUT2D eigenvalue weighted by Crippen LogP contribution is -2.40. The molecule has 2 aliphatic rings. The lowest BCUT2D eigenvalue weighted by atomic mass is 9.96. The molecule has 0 spiro atoms. The van der Waals surface area contributed by atoms with Gasteiger partial charge in [0, 0.05) is 19.5 Å². The minimum atomic E-state index is -0.726. The van der Waals surface area contributed by atoms with E-state index in [9.17, 15) is 9.59 Å². The van der Waals surface area contributed by atoms with Crippen LogP contribution in [-0.4, -0.2) is 35.0 Å². The molecule has 0 aromatic rings. The summed E-state index contributed by atoms with van der Waals surface area (Å²) in [6.45, 7) is 1.21. The van der Waals surface area contributed by atoms with Crippen LogP contribution in [-0.2, 0) is 9.59 Å². The van der Waals surface area contributed by atoms with Crippen LogP contribution in [0.2, 0.25) is 0 Å². The number of carboxylic acids is 1. The van der Waals surface area contributed by atoms with Crippen LogP contribution in [0.15, 0.2) is 12.2 Å². The van der Waals surface area contributed by atoms with Gasteiger partial charge in [0.2, 0.25) is 5.91 Å². The van der Waals surface area contributed by atoms with Gasteiger partial charge < -0.3 is 10.0 Å². The maximum Gasteiger partial charge on any atom is 0.306 e. The van der Waals surface area contributed by atoms with E-state index < -0.39 is 5.97 Å². The average Bonchev–Trinajstić information content (AvgIpc) is 2.82. The second kappa shape index (κ2) is 5.34. The molecular formula is C13H19NO3. The fourth-order valence-corrected chi connectivity index (χ4v) is 2.59. The Hall–Kier alpha value is -1.32. The summed E-state index contributed by atoms with van der Waals surface area (Å²) in [5.74, 6) is -0.397. The number of hydrogen-bond donors (Lipinski definition) is 1. The van der Waals surface area contributed by atoms with Gasteiger partial charge in [0.1, 0.15) is 0 Å². The first-order valence-corrected chi connectivity index (χ1v) is 6.34. The number of carbonyl (C=O) groups excluding carboxylic acids is 1. The van der Waals surface area contributed by atoms with Gasteiger partial charge in [-0.15, -0.1) is 0 Å². The highest BCUT2D eigenvalue weighted by molar-refractivity contribution is 5.77. The van der Waals surface area contributed by atoms with Gasteiger partial charge in [-0.2, -0.15) is 0 Å². The van der Waals surface area contributed by atoms with E-state index in [0.29, 0.717) is 38.3 Å². The standard InChI is InChI=1S/C13H19NO3/c15-12(9-10-3-1-2-4-10)14-7-5-11(6-8-14)13(16)17/h1,3,10-11H,2,4-9H2,(H,16,17)/t10-/m0/s1. The number of carbonyl (C=O) groups is 2. The molecule has 1 amide bonds. The van der Waals surface area contributed by atoms with Crippen LogP contribution in [0, 0.1) is 11.8 Å². The fraction of sp³-hybridized carbons (Fsp3) is 0.692. The molecule has 0 aromatic heterocycles. The van der Waals surface area contributed by atoms with E-state index in [4.69, 9.17) is 5.11 Å². The Kier molecular flexibility index (Phi) is 3.82. The summed E-state index contributed by atoms with van der Waals surface area (Å²) >= 11 is 0. The molecule has 0 radical (unpaired) electrons. The van der Waals surface area contributed by atoms with Crippen molar-refractivity contribution in [3.63, 3.8) is 0 Å². The summed E-state index contributed by atoms with van der Waals surface area (Å²) in [5, 5.41) is 8.88. The summed E-state index contributed by atoms with van der Waals surface area (Å²) in [4.78, 5) is 24.6. The SMILES string of the molecule is O=C(O)C1CCN(C(=O)C[C@H]2C=CCC2)CC1. The van der Waals surface area contributed by atoms with E-state index in [2.05, 4.69) is 12.2 Å². The lowest BCUT2D eigenvalue weighted by molar-refractivity contribution is -0.145. The molecule has 0 unspecified atom stereocenters. The predicted molar refractivity (Wildman–Crippen MR) is 63.4 cm³/mol. The number of aliphatic carboxylic acids is 1. The molecule has 1 atom stereocenters. The summed E-state index contributed by atoms with van der Waals surface area (Å²) in [7, 11) is 0. The first kappa shape index (κ1) is 12.1. The molecule has 1 heterocycles. The number of amides is 1. The van der Waals surface area contributed by atoms with Crippen LogP contribution in [0.5, 0.6) is 0 Å². The Bertz CT molecular complexity index is 330. The molecule has 1 aliphatic heterocycles. The molecule has 1 fully saturated rings. The number of allylic oxidation sites excluding steroid dienone is 2. The van der Waals surface area contributed by atoms with E-state index in [-0.39, 0.29) is 11.8 Å². The molecule has 4 heteroatoms. The van der Waals surface area contributed by atoms with E-state index in [1.54, 1.807) is 0 Å². The number of rotatable bonds is 3. The van der Waals surface area contributed by atoms with Crippen LogP contribution in [0.4, 0.5) is 0 Å². The topological polar surface area (TPSA) is 57.6 Å². The number of likely N-dealkylation sites (tertiary alicyclic amines) is 1. The van der Waals surface area contributed by atoms with E-state index >= 15 is 0 Å². The highest BCUT2D eigenvalue weighted by Crippen LogP contribution is 2.23. The van der Waals surface area contributed by atoms with Crippen LogP contribution in [0.1, 0.15) is 32.1 Å². The highest BCUT2D eigenvalue weighted by Gasteiger charge is 2.27. The predicted octanol–water partition coefficient (Wildman–Crippen LogP) is 1.67. The minimum absolute atomic E-state index is 0.186. The summed E-state index contributed by atoms with van der Waals surface area (Å²) in [5.41, 5.74) is 0. The normalized spacial score (nSPS) is 25.2. The Morgan fingerprint density at radius 1 is 1.24 bits per heavy atom. The van der Waals surface area contributed by atoms with Gasteiger partial charge in [-0.3, -0.25) is 9.59 Å². The second-order valence-electron chi connectivity index (χ2n) is 4.96. The van der Waals surface area contributed by atoms with Crippen LogP contribution >= 0.6 is 0 Å². The zero-order valence-corrected chi connectivity index (χ0v) is 9.97. The van der Waals surface area contributed by atoms with Crippen molar-refractivity contribution >= 4 is 11.9 Å². The fourth-order valence-electron chi connectivity index (χ4n) is 2.59. The number of carboxylic acid groups (broad SMARTS) is 1. The Morgan fingerprint density at radius 3 is 2.47 bits per heavy atom. The quantitative estimate of drug-likeness (QED) is 0.759. The van der Waals surface area contributed by atoms with Crippen LogP contribution in [0.3, 0.4) is 0 Å². The van der Waals surface area contributed by atoms with Crippen molar-refractivity contribution in [2.45, 2.75) is 32.1 Å². The smallest absolute Gasteiger partial charge is 0.306 e. The lowest BCUT2D eigenvalue weighted by Gasteiger charge is -2.30. The molecule has 0 saturated carbocycles. The van der Waals surface area contributed by atoms with Gasteiger partial charge in [-0.1, -0.05) is 12.2 Å². The number of piperidine rings is 1. The Labute approximate surface area is 101 Å². The second-order valence-corrected chi connectivity index (χ2v) is 4.96. The van der Waals surface area contributed by atoms with E-state index in [1.807, 2.05) is 4.90 Å².